The van der Waals surface area contributed by atoms with Gasteiger partial charge in [-0.2, -0.15) is 0 Å². The molecule has 0 N–H and O–H groups in total. The number of ether oxygens (including phenoxy) is 1. The quantitative estimate of drug-likeness (QED) is 0.846. The van der Waals surface area contributed by atoms with E-state index >= 15 is 0 Å². The lowest BCUT2D eigenvalue weighted by Gasteiger charge is -2.16. The second-order valence-electron chi connectivity index (χ2n) is 5.60. The van der Waals surface area contributed by atoms with Gasteiger partial charge in [-0.05, 0) is 42.1 Å². The van der Waals surface area contributed by atoms with Crippen molar-refractivity contribution in [3.05, 3.63) is 65.5 Å². The zero-order valence-electron chi connectivity index (χ0n) is 12.3. The van der Waals surface area contributed by atoms with Crippen molar-refractivity contribution in [2.24, 2.45) is 0 Å². The summed E-state index contributed by atoms with van der Waals surface area (Å²) in [4.78, 5) is 2.39. The Hall–Kier alpha value is -1.87. The third kappa shape index (κ3) is 3.24. The second-order valence-corrected chi connectivity index (χ2v) is 5.60. The van der Waals surface area contributed by atoms with Gasteiger partial charge in [0.1, 0.15) is 0 Å². The van der Waals surface area contributed by atoms with Gasteiger partial charge < -0.3 is 4.74 Å². The van der Waals surface area contributed by atoms with Gasteiger partial charge in [0.25, 0.3) is 0 Å². The standard InChI is InChI=1S/C18H20FNO/c1-21-18-8-7-14(11-17(18)19)12-20-10-9-16(13-20)15-5-3-2-4-6-15/h2-8,11,16H,9-10,12-13H2,1H3/t16-/m0/s1. The molecule has 1 aliphatic rings. The van der Waals surface area contributed by atoms with E-state index in [1.807, 2.05) is 6.07 Å². The van der Waals surface area contributed by atoms with E-state index in [2.05, 4.69) is 35.2 Å². The van der Waals surface area contributed by atoms with Crippen molar-refractivity contribution in [1.82, 2.24) is 4.90 Å². The van der Waals surface area contributed by atoms with Crippen molar-refractivity contribution in [2.45, 2.75) is 18.9 Å². The molecular formula is C18H20FNO. The maximum atomic E-state index is 13.7. The van der Waals surface area contributed by atoms with Crippen LogP contribution >= 0.6 is 0 Å². The number of methoxy groups -OCH3 is 1. The van der Waals surface area contributed by atoms with E-state index in [1.54, 1.807) is 12.1 Å². The predicted molar refractivity (Wildman–Crippen MR) is 82.0 cm³/mol. The molecule has 0 bridgehead atoms. The molecule has 0 spiro atoms. The summed E-state index contributed by atoms with van der Waals surface area (Å²) in [5.41, 5.74) is 2.41. The topological polar surface area (TPSA) is 12.5 Å². The Labute approximate surface area is 125 Å². The molecule has 2 aromatic rings. The zero-order valence-corrected chi connectivity index (χ0v) is 12.3. The highest BCUT2D eigenvalue weighted by Gasteiger charge is 2.23. The molecule has 0 amide bonds. The molecule has 110 valence electrons. The van der Waals surface area contributed by atoms with Gasteiger partial charge in [0, 0.05) is 13.1 Å². The Kier molecular flexibility index (Phi) is 4.20. The number of halogens is 1. The van der Waals surface area contributed by atoms with Crippen LogP contribution in [0, 0.1) is 5.82 Å². The summed E-state index contributed by atoms with van der Waals surface area (Å²) in [6.07, 6.45) is 1.17. The van der Waals surface area contributed by atoms with Gasteiger partial charge in [0.2, 0.25) is 0 Å². The third-order valence-electron chi connectivity index (χ3n) is 4.17. The molecule has 3 heteroatoms. The van der Waals surface area contributed by atoms with E-state index in [0.717, 1.165) is 25.2 Å². The third-order valence-corrected chi connectivity index (χ3v) is 4.17. The van der Waals surface area contributed by atoms with E-state index in [-0.39, 0.29) is 5.82 Å². The fourth-order valence-corrected chi connectivity index (χ4v) is 3.04. The molecule has 3 rings (SSSR count). The van der Waals surface area contributed by atoms with Crippen molar-refractivity contribution in [3.63, 3.8) is 0 Å². The number of benzene rings is 2. The van der Waals surface area contributed by atoms with Crippen LogP contribution in [0.5, 0.6) is 5.75 Å². The Balaban J connectivity index is 1.63. The van der Waals surface area contributed by atoms with Crippen molar-refractivity contribution < 1.29 is 9.13 Å². The van der Waals surface area contributed by atoms with Crippen LogP contribution in [-0.4, -0.2) is 25.1 Å². The van der Waals surface area contributed by atoms with Crippen LogP contribution in [0.15, 0.2) is 48.5 Å². The summed E-state index contributed by atoms with van der Waals surface area (Å²) < 4.78 is 18.7. The van der Waals surface area contributed by atoms with E-state index in [9.17, 15) is 4.39 Å². The number of rotatable bonds is 4. The number of likely N-dealkylation sites (tertiary alicyclic amines) is 1. The van der Waals surface area contributed by atoms with Crippen LogP contribution in [0.1, 0.15) is 23.5 Å². The first-order chi connectivity index (χ1) is 10.3. The lowest BCUT2D eigenvalue weighted by atomic mass is 9.99. The van der Waals surface area contributed by atoms with Crippen LogP contribution in [0.25, 0.3) is 0 Å². The fraction of sp³-hybridized carbons (Fsp3) is 0.333. The molecule has 1 fully saturated rings. The monoisotopic (exact) mass is 285 g/mol. The van der Waals surface area contributed by atoms with E-state index in [1.165, 1.54) is 19.1 Å². The molecule has 0 aromatic heterocycles. The van der Waals surface area contributed by atoms with Gasteiger partial charge in [-0.3, -0.25) is 4.90 Å². The lowest BCUT2D eigenvalue weighted by molar-refractivity contribution is 0.325. The molecule has 1 atom stereocenters. The second kappa shape index (κ2) is 6.27. The minimum Gasteiger partial charge on any atom is -0.494 e. The first-order valence-corrected chi connectivity index (χ1v) is 7.36. The van der Waals surface area contributed by atoms with Gasteiger partial charge in [0.15, 0.2) is 11.6 Å². The first-order valence-electron chi connectivity index (χ1n) is 7.36. The van der Waals surface area contributed by atoms with Crippen molar-refractivity contribution >= 4 is 0 Å². The largest absolute Gasteiger partial charge is 0.494 e. The van der Waals surface area contributed by atoms with E-state index in [4.69, 9.17) is 4.74 Å². The highest BCUT2D eigenvalue weighted by atomic mass is 19.1. The molecule has 1 heterocycles. The summed E-state index contributed by atoms with van der Waals surface area (Å²) in [6, 6.07) is 15.9. The van der Waals surface area contributed by atoms with Crippen molar-refractivity contribution in [1.29, 1.82) is 0 Å². The molecule has 21 heavy (non-hydrogen) atoms. The molecule has 2 aromatic carbocycles. The fourth-order valence-electron chi connectivity index (χ4n) is 3.04. The Morgan fingerprint density at radius 3 is 2.71 bits per heavy atom. The molecule has 0 unspecified atom stereocenters. The van der Waals surface area contributed by atoms with Crippen molar-refractivity contribution in [3.8, 4) is 5.75 Å². The maximum Gasteiger partial charge on any atom is 0.165 e. The molecule has 1 saturated heterocycles. The van der Waals surface area contributed by atoms with Crippen LogP contribution in [-0.2, 0) is 6.54 Å². The molecule has 0 radical (unpaired) electrons. The maximum absolute atomic E-state index is 13.7. The average molecular weight is 285 g/mol. The Morgan fingerprint density at radius 1 is 1.19 bits per heavy atom. The van der Waals surface area contributed by atoms with Crippen LogP contribution in [0.4, 0.5) is 4.39 Å². The smallest absolute Gasteiger partial charge is 0.165 e. The summed E-state index contributed by atoms with van der Waals surface area (Å²) in [7, 11) is 1.49. The molecule has 0 saturated carbocycles. The molecule has 0 aliphatic carbocycles. The lowest BCUT2D eigenvalue weighted by Crippen LogP contribution is -2.19. The van der Waals surface area contributed by atoms with Crippen LogP contribution < -0.4 is 4.74 Å². The van der Waals surface area contributed by atoms with E-state index < -0.39 is 0 Å². The van der Waals surface area contributed by atoms with E-state index in [0.29, 0.717) is 11.7 Å². The first kappa shape index (κ1) is 14.1. The minimum absolute atomic E-state index is 0.284. The summed E-state index contributed by atoms with van der Waals surface area (Å²) in [6.45, 7) is 2.90. The molecule has 2 nitrogen and oxygen atoms in total. The van der Waals surface area contributed by atoms with Crippen LogP contribution in [0.3, 0.4) is 0 Å². The minimum atomic E-state index is -0.284. The predicted octanol–water partition coefficient (Wildman–Crippen LogP) is 3.82. The average Bonchev–Trinajstić information content (AvgIpc) is 2.97. The Morgan fingerprint density at radius 2 is 2.00 bits per heavy atom. The highest BCUT2D eigenvalue weighted by molar-refractivity contribution is 5.29. The highest BCUT2D eigenvalue weighted by Crippen LogP contribution is 2.28. The van der Waals surface area contributed by atoms with Gasteiger partial charge in [0.05, 0.1) is 7.11 Å². The zero-order chi connectivity index (χ0) is 14.7. The summed E-state index contributed by atoms with van der Waals surface area (Å²) >= 11 is 0. The van der Waals surface area contributed by atoms with Crippen LogP contribution in [0.2, 0.25) is 0 Å². The number of hydrogen-bond acceptors (Lipinski definition) is 2. The van der Waals surface area contributed by atoms with Gasteiger partial charge in [-0.25, -0.2) is 4.39 Å². The number of nitrogens with zero attached hydrogens (tertiary/aromatic N) is 1. The number of hydrogen-bond donors (Lipinski definition) is 0. The summed E-state index contributed by atoms with van der Waals surface area (Å²) in [5, 5.41) is 0. The SMILES string of the molecule is COc1ccc(CN2CC[C@H](c3ccccc3)C2)cc1F. The van der Waals surface area contributed by atoms with Crippen molar-refractivity contribution in [2.75, 3.05) is 20.2 Å². The van der Waals surface area contributed by atoms with Gasteiger partial charge in [-0.1, -0.05) is 36.4 Å². The Bertz CT molecular complexity index is 599. The molecular weight excluding hydrogens is 265 g/mol. The van der Waals surface area contributed by atoms with Gasteiger partial charge in [-0.15, -0.1) is 0 Å². The van der Waals surface area contributed by atoms with Gasteiger partial charge >= 0.3 is 0 Å². The summed E-state index contributed by atoms with van der Waals surface area (Å²) in [5.74, 6) is 0.616. The molecule has 1 aliphatic heterocycles. The normalized spacial score (nSPS) is 18.9.